The van der Waals surface area contributed by atoms with Crippen molar-refractivity contribution in [3.8, 4) is 0 Å². The fourth-order valence-corrected chi connectivity index (χ4v) is 4.03. The molecule has 20 heavy (non-hydrogen) atoms. The van der Waals surface area contributed by atoms with Crippen LogP contribution in [0, 0.1) is 0 Å². The number of amides is 1. The molecular formula is C15H21NO3S. The Hall–Kier alpha value is -0.910. The zero-order valence-corrected chi connectivity index (χ0v) is 12.4. The van der Waals surface area contributed by atoms with Crippen LogP contribution in [0.5, 0.6) is 0 Å². The van der Waals surface area contributed by atoms with Crippen LogP contribution in [0.3, 0.4) is 0 Å². The summed E-state index contributed by atoms with van der Waals surface area (Å²) in [5.74, 6) is -0.0516. The van der Waals surface area contributed by atoms with Crippen molar-refractivity contribution in [2.24, 2.45) is 0 Å². The number of hydrogen-bond donors (Lipinski definition) is 2. The maximum absolute atomic E-state index is 12.2. The number of thiophene rings is 1. The Morgan fingerprint density at radius 3 is 2.85 bits per heavy atom. The van der Waals surface area contributed by atoms with E-state index in [4.69, 9.17) is 4.74 Å². The van der Waals surface area contributed by atoms with Gasteiger partial charge in [0.2, 0.25) is 0 Å². The van der Waals surface area contributed by atoms with Gasteiger partial charge in [-0.1, -0.05) is 0 Å². The quantitative estimate of drug-likeness (QED) is 0.895. The molecule has 5 heteroatoms. The lowest BCUT2D eigenvalue weighted by atomic mass is 9.94. The third-order valence-electron chi connectivity index (χ3n) is 4.22. The zero-order valence-electron chi connectivity index (χ0n) is 11.6. The largest absolute Gasteiger partial charge is 0.388 e. The van der Waals surface area contributed by atoms with Gasteiger partial charge in [0.15, 0.2) is 0 Å². The fourth-order valence-electron chi connectivity index (χ4n) is 2.86. The SMILES string of the molecule is O=C(NCC1(O)CCOCC1)c1cc2c(s1)CCCC2. The summed E-state index contributed by atoms with van der Waals surface area (Å²) < 4.78 is 5.24. The Bertz CT molecular complexity index is 468. The Balaban J connectivity index is 1.60. The van der Waals surface area contributed by atoms with Crippen LogP contribution in [0.15, 0.2) is 6.07 Å². The number of fused-ring (bicyclic) bond motifs is 1. The molecule has 3 rings (SSSR count). The predicted molar refractivity (Wildman–Crippen MR) is 78.3 cm³/mol. The van der Waals surface area contributed by atoms with E-state index in [9.17, 15) is 9.90 Å². The van der Waals surface area contributed by atoms with Gasteiger partial charge in [-0.05, 0) is 37.3 Å². The number of carbonyl (C=O) groups is 1. The van der Waals surface area contributed by atoms with E-state index < -0.39 is 5.60 Å². The molecule has 1 aromatic rings. The van der Waals surface area contributed by atoms with Crippen molar-refractivity contribution in [3.05, 3.63) is 21.4 Å². The van der Waals surface area contributed by atoms with Crippen LogP contribution in [-0.4, -0.2) is 36.4 Å². The van der Waals surface area contributed by atoms with Gasteiger partial charge in [-0.25, -0.2) is 0 Å². The molecule has 0 saturated carbocycles. The molecule has 4 nitrogen and oxygen atoms in total. The molecule has 0 bridgehead atoms. The smallest absolute Gasteiger partial charge is 0.261 e. The monoisotopic (exact) mass is 295 g/mol. The highest BCUT2D eigenvalue weighted by Crippen LogP contribution is 2.29. The molecule has 0 aromatic carbocycles. The summed E-state index contributed by atoms with van der Waals surface area (Å²) >= 11 is 1.61. The lowest BCUT2D eigenvalue weighted by molar-refractivity contribution is -0.0605. The van der Waals surface area contributed by atoms with Crippen molar-refractivity contribution in [1.82, 2.24) is 5.32 Å². The maximum atomic E-state index is 12.2. The first kappa shape index (κ1) is 14.0. The highest BCUT2D eigenvalue weighted by Gasteiger charge is 2.30. The highest BCUT2D eigenvalue weighted by molar-refractivity contribution is 7.14. The summed E-state index contributed by atoms with van der Waals surface area (Å²) in [7, 11) is 0. The van der Waals surface area contributed by atoms with Gasteiger partial charge in [0.05, 0.1) is 10.5 Å². The number of nitrogens with one attached hydrogen (secondary N) is 1. The van der Waals surface area contributed by atoms with Gasteiger partial charge in [0.25, 0.3) is 5.91 Å². The van der Waals surface area contributed by atoms with Crippen LogP contribution < -0.4 is 5.32 Å². The molecule has 110 valence electrons. The summed E-state index contributed by atoms with van der Waals surface area (Å²) in [6.45, 7) is 1.46. The molecule has 0 atom stereocenters. The second-order valence-corrected chi connectivity index (χ2v) is 6.92. The Labute approximate surface area is 123 Å². The number of rotatable bonds is 3. The Kier molecular flexibility index (Phi) is 4.10. The summed E-state index contributed by atoms with van der Waals surface area (Å²) in [4.78, 5) is 14.4. The van der Waals surface area contributed by atoms with E-state index in [0.29, 0.717) is 32.6 Å². The minimum Gasteiger partial charge on any atom is -0.388 e. The number of hydrogen-bond acceptors (Lipinski definition) is 4. The molecule has 1 aliphatic carbocycles. The number of ether oxygens (including phenoxy) is 1. The lowest BCUT2D eigenvalue weighted by Crippen LogP contribution is -2.46. The van der Waals surface area contributed by atoms with Crippen LogP contribution in [0.1, 0.15) is 45.8 Å². The average molecular weight is 295 g/mol. The molecule has 2 heterocycles. The van der Waals surface area contributed by atoms with E-state index in [1.54, 1.807) is 11.3 Å². The lowest BCUT2D eigenvalue weighted by Gasteiger charge is -2.31. The van der Waals surface area contributed by atoms with Crippen LogP contribution in [-0.2, 0) is 17.6 Å². The molecule has 0 unspecified atom stereocenters. The van der Waals surface area contributed by atoms with Crippen LogP contribution in [0.2, 0.25) is 0 Å². The third-order valence-corrected chi connectivity index (χ3v) is 5.46. The molecule has 0 spiro atoms. The van der Waals surface area contributed by atoms with Crippen molar-refractivity contribution in [2.45, 2.75) is 44.1 Å². The average Bonchev–Trinajstić information content (AvgIpc) is 2.89. The fraction of sp³-hybridized carbons (Fsp3) is 0.667. The topological polar surface area (TPSA) is 58.6 Å². The molecular weight excluding hydrogens is 274 g/mol. The minimum absolute atomic E-state index is 0.0516. The van der Waals surface area contributed by atoms with Gasteiger partial charge in [-0.3, -0.25) is 4.79 Å². The molecule has 0 radical (unpaired) electrons. The Morgan fingerprint density at radius 1 is 1.35 bits per heavy atom. The van der Waals surface area contributed by atoms with E-state index in [-0.39, 0.29) is 5.91 Å². The van der Waals surface area contributed by atoms with E-state index in [2.05, 4.69) is 5.32 Å². The molecule has 1 fully saturated rings. The summed E-state index contributed by atoms with van der Waals surface area (Å²) in [5.41, 5.74) is 0.543. The van der Waals surface area contributed by atoms with E-state index in [1.807, 2.05) is 6.07 Å². The van der Waals surface area contributed by atoms with Crippen LogP contribution >= 0.6 is 11.3 Å². The van der Waals surface area contributed by atoms with Crippen molar-refractivity contribution < 1.29 is 14.6 Å². The molecule has 1 aliphatic heterocycles. The molecule has 2 aliphatic rings. The van der Waals surface area contributed by atoms with Crippen LogP contribution in [0.25, 0.3) is 0 Å². The predicted octanol–water partition coefficient (Wildman–Crippen LogP) is 1.90. The van der Waals surface area contributed by atoms with Crippen molar-refractivity contribution in [2.75, 3.05) is 19.8 Å². The van der Waals surface area contributed by atoms with Crippen molar-refractivity contribution >= 4 is 17.2 Å². The number of carbonyl (C=O) groups excluding carboxylic acids is 1. The van der Waals surface area contributed by atoms with Gasteiger partial charge in [-0.2, -0.15) is 0 Å². The molecule has 1 amide bonds. The molecule has 2 N–H and O–H groups in total. The first-order valence-corrected chi connectivity index (χ1v) is 8.18. The van der Waals surface area contributed by atoms with Crippen molar-refractivity contribution in [1.29, 1.82) is 0 Å². The van der Waals surface area contributed by atoms with Gasteiger partial charge < -0.3 is 15.2 Å². The summed E-state index contributed by atoms with van der Waals surface area (Å²) in [6.07, 6.45) is 5.84. The normalized spacial score (nSPS) is 21.2. The zero-order chi connectivity index (χ0) is 14.0. The van der Waals surface area contributed by atoms with Gasteiger partial charge in [0.1, 0.15) is 0 Å². The van der Waals surface area contributed by atoms with E-state index in [0.717, 1.165) is 17.7 Å². The third kappa shape index (κ3) is 3.05. The van der Waals surface area contributed by atoms with Gasteiger partial charge in [-0.15, -0.1) is 11.3 Å². The maximum Gasteiger partial charge on any atom is 0.261 e. The first-order chi connectivity index (χ1) is 9.66. The van der Waals surface area contributed by atoms with Gasteiger partial charge >= 0.3 is 0 Å². The van der Waals surface area contributed by atoms with Gasteiger partial charge in [0, 0.05) is 37.5 Å². The van der Waals surface area contributed by atoms with E-state index in [1.165, 1.54) is 23.3 Å². The standard InChI is InChI=1S/C15H21NO3S/c17-14(16-10-15(18)5-7-19-8-6-15)13-9-11-3-1-2-4-12(11)20-13/h9,18H,1-8,10H2,(H,16,17). The molecule has 1 saturated heterocycles. The Morgan fingerprint density at radius 2 is 2.10 bits per heavy atom. The van der Waals surface area contributed by atoms with Crippen LogP contribution in [0.4, 0.5) is 0 Å². The van der Waals surface area contributed by atoms with E-state index >= 15 is 0 Å². The first-order valence-electron chi connectivity index (χ1n) is 7.36. The second-order valence-electron chi connectivity index (χ2n) is 5.79. The summed E-state index contributed by atoms with van der Waals surface area (Å²) in [5, 5.41) is 13.2. The number of aliphatic hydroxyl groups is 1. The minimum atomic E-state index is -0.801. The highest BCUT2D eigenvalue weighted by atomic mass is 32.1. The molecule has 1 aromatic heterocycles. The van der Waals surface area contributed by atoms with Crippen molar-refractivity contribution in [3.63, 3.8) is 0 Å². The number of aryl methyl sites for hydroxylation is 2. The second kappa shape index (κ2) is 5.84. The summed E-state index contributed by atoms with van der Waals surface area (Å²) in [6, 6.07) is 2.03.